The fourth-order valence-electron chi connectivity index (χ4n) is 1.26. The molecule has 0 fully saturated rings. The minimum Gasteiger partial charge on any atom is -0.298 e. The second-order valence-electron chi connectivity index (χ2n) is 3.02. The Morgan fingerprint density at radius 2 is 2.12 bits per heavy atom. The molecule has 0 aliphatic carbocycles. The SMILES string of the molecule is Cc1cc(F)ccc1-c1nnc(NN)s1.Cl. The highest BCUT2D eigenvalue weighted by atomic mass is 35.5. The second-order valence-corrected chi connectivity index (χ2v) is 3.99. The summed E-state index contributed by atoms with van der Waals surface area (Å²) in [6, 6.07) is 4.55. The van der Waals surface area contributed by atoms with Gasteiger partial charge in [0, 0.05) is 5.56 Å². The van der Waals surface area contributed by atoms with Crippen molar-refractivity contribution in [3.8, 4) is 10.6 Å². The molecule has 1 heterocycles. The normalized spacial score (nSPS) is 9.69. The molecule has 0 radical (unpaired) electrons. The molecule has 0 saturated carbocycles. The molecule has 4 nitrogen and oxygen atoms in total. The summed E-state index contributed by atoms with van der Waals surface area (Å²) in [5, 5.41) is 9.02. The van der Waals surface area contributed by atoms with E-state index in [-0.39, 0.29) is 18.2 Å². The Labute approximate surface area is 102 Å². The summed E-state index contributed by atoms with van der Waals surface area (Å²) in [4.78, 5) is 0. The van der Waals surface area contributed by atoms with Crippen LogP contribution in [0.3, 0.4) is 0 Å². The molecule has 2 rings (SSSR count). The minimum atomic E-state index is -0.252. The summed E-state index contributed by atoms with van der Waals surface area (Å²) < 4.78 is 12.9. The van der Waals surface area contributed by atoms with E-state index in [0.717, 1.165) is 16.1 Å². The average molecular weight is 261 g/mol. The molecule has 3 N–H and O–H groups in total. The van der Waals surface area contributed by atoms with Gasteiger partial charge in [0.2, 0.25) is 5.13 Å². The maximum absolute atomic E-state index is 12.9. The first-order valence-corrected chi connectivity index (χ1v) is 5.09. The summed E-state index contributed by atoms with van der Waals surface area (Å²) in [6.07, 6.45) is 0. The molecule has 1 aromatic carbocycles. The van der Waals surface area contributed by atoms with E-state index in [2.05, 4.69) is 15.6 Å². The molecule has 0 spiro atoms. The van der Waals surface area contributed by atoms with Crippen molar-refractivity contribution in [3.63, 3.8) is 0 Å². The van der Waals surface area contributed by atoms with E-state index in [4.69, 9.17) is 5.84 Å². The lowest BCUT2D eigenvalue weighted by atomic mass is 10.1. The van der Waals surface area contributed by atoms with Crippen LogP contribution in [0.25, 0.3) is 10.6 Å². The van der Waals surface area contributed by atoms with Gasteiger partial charge in [-0.2, -0.15) is 0 Å². The van der Waals surface area contributed by atoms with Gasteiger partial charge in [-0.05, 0) is 30.7 Å². The maximum Gasteiger partial charge on any atom is 0.220 e. The number of benzene rings is 1. The van der Waals surface area contributed by atoms with Crippen LogP contribution in [0, 0.1) is 12.7 Å². The Hall–Kier alpha value is -1.24. The molecular weight excluding hydrogens is 251 g/mol. The molecule has 1 aromatic heterocycles. The van der Waals surface area contributed by atoms with Crippen LogP contribution in [0.5, 0.6) is 0 Å². The van der Waals surface area contributed by atoms with E-state index < -0.39 is 0 Å². The number of hydrogen-bond acceptors (Lipinski definition) is 5. The number of hydrazine groups is 1. The number of nitrogens with one attached hydrogen (secondary N) is 1. The summed E-state index contributed by atoms with van der Waals surface area (Å²) >= 11 is 1.33. The Morgan fingerprint density at radius 3 is 2.69 bits per heavy atom. The summed E-state index contributed by atoms with van der Waals surface area (Å²) in [7, 11) is 0. The Kier molecular flexibility index (Phi) is 4.17. The molecule has 16 heavy (non-hydrogen) atoms. The van der Waals surface area contributed by atoms with Crippen molar-refractivity contribution in [2.24, 2.45) is 5.84 Å². The van der Waals surface area contributed by atoms with Gasteiger partial charge in [0.15, 0.2) is 0 Å². The second kappa shape index (κ2) is 5.20. The van der Waals surface area contributed by atoms with Gasteiger partial charge >= 0.3 is 0 Å². The van der Waals surface area contributed by atoms with Crippen molar-refractivity contribution >= 4 is 28.9 Å². The van der Waals surface area contributed by atoms with Crippen molar-refractivity contribution in [3.05, 3.63) is 29.6 Å². The average Bonchev–Trinajstić information content (AvgIpc) is 2.66. The zero-order chi connectivity index (χ0) is 10.8. The molecule has 0 amide bonds. The Balaban J connectivity index is 0.00000128. The van der Waals surface area contributed by atoms with Crippen molar-refractivity contribution in [2.75, 3.05) is 5.43 Å². The van der Waals surface area contributed by atoms with E-state index in [1.54, 1.807) is 6.07 Å². The van der Waals surface area contributed by atoms with Crippen molar-refractivity contribution < 1.29 is 4.39 Å². The summed E-state index contributed by atoms with van der Waals surface area (Å²) in [5.74, 6) is 4.95. The first kappa shape index (κ1) is 12.8. The number of aryl methyl sites for hydroxylation is 1. The van der Waals surface area contributed by atoms with E-state index >= 15 is 0 Å². The summed E-state index contributed by atoms with van der Waals surface area (Å²) in [5.41, 5.74) is 4.12. The molecule has 2 aromatic rings. The number of halogens is 2. The number of aromatic nitrogens is 2. The monoisotopic (exact) mass is 260 g/mol. The van der Waals surface area contributed by atoms with Gasteiger partial charge in [-0.15, -0.1) is 22.6 Å². The van der Waals surface area contributed by atoms with Crippen LogP contribution in [0.2, 0.25) is 0 Å². The highest BCUT2D eigenvalue weighted by Crippen LogP contribution is 2.28. The van der Waals surface area contributed by atoms with Crippen LogP contribution in [0.4, 0.5) is 9.52 Å². The van der Waals surface area contributed by atoms with E-state index in [0.29, 0.717) is 5.13 Å². The third kappa shape index (κ3) is 2.46. The lowest BCUT2D eigenvalue weighted by Gasteiger charge is -2.00. The van der Waals surface area contributed by atoms with Crippen molar-refractivity contribution in [2.45, 2.75) is 6.92 Å². The molecule has 0 aliphatic rings. The third-order valence-corrected chi connectivity index (χ3v) is 2.86. The maximum atomic E-state index is 12.9. The van der Waals surface area contributed by atoms with Crippen molar-refractivity contribution in [1.29, 1.82) is 0 Å². The highest BCUT2D eigenvalue weighted by molar-refractivity contribution is 7.18. The summed E-state index contributed by atoms with van der Waals surface area (Å²) in [6.45, 7) is 1.83. The van der Waals surface area contributed by atoms with Crippen molar-refractivity contribution in [1.82, 2.24) is 10.2 Å². The molecule has 0 atom stereocenters. The van der Waals surface area contributed by atoms with E-state index in [1.165, 1.54) is 23.5 Å². The van der Waals surface area contributed by atoms with Crippen LogP contribution in [0.1, 0.15) is 5.56 Å². The van der Waals surface area contributed by atoms with Crippen LogP contribution >= 0.6 is 23.7 Å². The molecule has 7 heteroatoms. The Morgan fingerprint density at radius 1 is 1.38 bits per heavy atom. The van der Waals surface area contributed by atoms with Gasteiger partial charge in [0.05, 0.1) is 0 Å². The predicted molar refractivity (Wildman–Crippen MR) is 65.1 cm³/mol. The Bertz CT molecular complexity index is 488. The third-order valence-electron chi connectivity index (χ3n) is 1.97. The number of nitrogens with two attached hydrogens (primary N) is 1. The quantitative estimate of drug-likeness (QED) is 0.643. The zero-order valence-corrected chi connectivity index (χ0v) is 10.0. The minimum absolute atomic E-state index is 0. The van der Waals surface area contributed by atoms with Crippen LogP contribution in [0.15, 0.2) is 18.2 Å². The number of nitrogen functional groups attached to an aromatic ring is 1. The first-order chi connectivity index (χ1) is 7.20. The topological polar surface area (TPSA) is 63.8 Å². The number of hydrogen-bond donors (Lipinski definition) is 2. The van der Waals surface area contributed by atoms with Gasteiger partial charge < -0.3 is 0 Å². The standard InChI is InChI=1S/C9H9FN4S.ClH/c1-5-4-6(10)2-3-7(5)8-13-14-9(12-11)15-8;/h2-4H,11H2,1H3,(H,12,14);1H. The van der Waals surface area contributed by atoms with Gasteiger partial charge in [-0.1, -0.05) is 11.3 Å². The molecule has 0 aliphatic heterocycles. The molecule has 86 valence electrons. The lowest BCUT2D eigenvalue weighted by molar-refractivity contribution is 0.627. The van der Waals surface area contributed by atoms with Gasteiger partial charge in [0.1, 0.15) is 10.8 Å². The number of rotatable bonds is 2. The van der Waals surface area contributed by atoms with Crippen LogP contribution < -0.4 is 11.3 Å². The fourth-order valence-corrected chi connectivity index (χ4v) is 2.00. The first-order valence-electron chi connectivity index (χ1n) is 4.27. The largest absolute Gasteiger partial charge is 0.298 e. The highest BCUT2D eigenvalue weighted by Gasteiger charge is 2.08. The molecular formula is C9H10ClFN4S. The number of anilines is 1. The number of nitrogens with zero attached hydrogens (tertiary/aromatic N) is 2. The fraction of sp³-hybridized carbons (Fsp3) is 0.111. The van der Waals surface area contributed by atoms with Gasteiger partial charge in [-0.25, -0.2) is 10.2 Å². The molecule has 0 saturated heterocycles. The smallest absolute Gasteiger partial charge is 0.220 e. The van der Waals surface area contributed by atoms with Gasteiger partial charge in [0.25, 0.3) is 0 Å². The zero-order valence-electron chi connectivity index (χ0n) is 8.40. The molecule has 0 bridgehead atoms. The van der Waals surface area contributed by atoms with Crippen LogP contribution in [-0.2, 0) is 0 Å². The lowest BCUT2D eigenvalue weighted by Crippen LogP contribution is -2.05. The van der Waals surface area contributed by atoms with Gasteiger partial charge in [-0.3, -0.25) is 5.43 Å². The van der Waals surface area contributed by atoms with E-state index in [1.807, 2.05) is 6.92 Å². The van der Waals surface area contributed by atoms with Crippen LogP contribution in [-0.4, -0.2) is 10.2 Å². The van der Waals surface area contributed by atoms with E-state index in [9.17, 15) is 4.39 Å². The molecule has 0 unspecified atom stereocenters. The predicted octanol–water partition coefficient (Wildman–Crippen LogP) is 2.36.